The molecule has 0 aromatic heterocycles. The van der Waals surface area contributed by atoms with Gasteiger partial charge < -0.3 is 20.0 Å². The van der Waals surface area contributed by atoms with E-state index in [0.717, 1.165) is 4.90 Å². The molecule has 1 unspecified atom stereocenters. The maximum Gasteiger partial charge on any atom is 0.407 e. The van der Waals surface area contributed by atoms with Crippen LogP contribution in [0.5, 0.6) is 0 Å². The van der Waals surface area contributed by atoms with Crippen molar-refractivity contribution in [1.29, 1.82) is 0 Å². The number of Topliss-reactive ketones (excluding diaryl/α,β-unsaturated/α-hetero) is 1. The molecule has 7 nitrogen and oxygen atoms in total. The number of morpholine rings is 1. The lowest BCUT2D eigenvalue weighted by Crippen LogP contribution is -2.48. The van der Waals surface area contributed by atoms with Crippen LogP contribution in [0.4, 0.5) is 4.79 Å². The normalized spacial score (nSPS) is 19.3. The largest absolute Gasteiger partial charge is 0.465 e. The minimum absolute atomic E-state index is 0.00165. The molecule has 0 saturated carbocycles. The zero-order chi connectivity index (χ0) is 15.2. The third kappa shape index (κ3) is 3.79. The molecule has 1 aliphatic heterocycles. The second-order valence-corrected chi connectivity index (χ2v) is 4.64. The molecule has 1 fully saturated rings. The topological polar surface area (TPSA) is 99.4 Å². The summed E-state index contributed by atoms with van der Waals surface area (Å²) in [5, 5.41) is 21.2. The molecule has 2 rings (SSSR count). The highest BCUT2D eigenvalue weighted by Gasteiger charge is 2.29. The fraction of sp³-hybridized carbons (Fsp3) is 0.357. The number of amides is 1. The number of rotatable bonds is 4. The minimum atomic E-state index is -1.07. The Kier molecular flexibility index (Phi) is 4.89. The summed E-state index contributed by atoms with van der Waals surface area (Å²) < 4.78 is 5.31. The molecule has 1 aromatic rings. The number of carbonyl (C=O) groups is 2. The number of nitrogens with zero attached hydrogens (tertiary/aromatic N) is 2. The molecule has 1 saturated heterocycles. The molecule has 2 N–H and O–H groups in total. The van der Waals surface area contributed by atoms with Crippen molar-refractivity contribution in [3.05, 3.63) is 35.9 Å². The van der Waals surface area contributed by atoms with E-state index in [0.29, 0.717) is 5.56 Å². The third-order valence-corrected chi connectivity index (χ3v) is 3.27. The lowest BCUT2D eigenvalue weighted by atomic mass is 10.0. The number of ketones is 1. The van der Waals surface area contributed by atoms with Crippen molar-refractivity contribution < 1.29 is 24.6 Å². The number of carboxylic acid groups (broad SMARTS) is 1. The monoisotopic (exact) mass is 292 g/mol. The Morgan fingerprint density at radius 2 is 2.05 bits per heavy atom. The molecule has 1 amide bonds. The van der Waals surface area contributed by atoms with E-state index in [1.807, 2.05) is 6.07 Å². The van der Waals surface area contributed by atoms with Crippen LogP contribution < -0.4 is 0 Å². The highest BCUT2D eigenvalue weighted by Crippen LogP contribution is 2.11. The van der Waals surface area contributed by atoms with Crippen molar-refractivity contribution in [1.82, 2.24) is 4.90 Å². The number of hydrogen-bond donors (Lipinski definition) is 2. The number of hydrogen-bond acceptors (Lipinski definition) is 5. The predicted molar refractivity (Wildman–Crippen MR) is 73.7 cm³/mol. The van der Waals surface area contributed by atoms with E-state index in [9.17, 15) is 9.59 Å². The number of carbonyl (C=O) groups excluding carboxylic acids is 1. The van der Waals surface area contributed by atoms with Crippen molar-refractivity contribution in [2.45, 2.75) is 12.5 Å². The third-order valence-electron chi connectivity index (χ3n) is 3.27. The molecule has 1 aromatic carbocycles. The fourth-order valence-corrected chi connectivity index (χ4v) is 2.12. The fourth-order valence-electron chi connectivity index (χ4n) is 2.12. The first-order valence-electron chi connectivity index (χ1n) is 6.50. The van der Waals surface area contributed by atoms with E-state index in [2.05, 4.69) is 5.16 Å². The summed E-state index contributed by atoms with van der Waals surface area (Å²) in [6.45, 7) is 0.431. The first-order valence-corrected chi connectivity index (χ1v) is 6.50. The second kappa shape index (κ2) is 6.85. The van der Waals surface area contributed by atoms with Crippen LogP contribution in [0.2, 0.25) is 0 Å². The van der Waals surface area contributed by atoms with Crippen LogP contribution in [0.3, 0.4) is 0 Å². The van der Waals surface area contributed by atoms with Crippen molar-refractivity contribution >= 4 is 17.6 Å². The Hall–Kier alpha value is -2.41. The molecule has 0 aliphatic carbocycles. The van der Waals surface area contributed by atoms with E-state index < -0.39 is 12.2 Å². The summed E-state index contributed by atoms with van der Waals surface area (Å²) in [5.41, 5.74) is 0.871. The van der Waals surface area contributed by atoms with Crippen molar-refractivity contribution in [2.75, 3.05) is 19.7 Å². The van der Waals surface area contributed by atoms with E-state index >= 15 is 0 Å². The first kappa shape index (κ1) is 15.0. The van der Waals surface area contributed by atoms with Gasteiger partial charge in [-0.25, -0.2) is 4.79 Å². The molecule has 0 spiro atoms. The predicted octanol–water partition coefficient (Wildman–Crippen LogP) is 1.20. The lowest BCUT2D eigenvalue weighted by molar-refractivity contribution is -0.133. The van der Waals surface area contributed by atoms with Gasteiger partial charge in [0.1, 0.15) is 6.10 Å². The highest BCUT2D eigenvalue weighted by molar-refractivity contribution is 6.11. The Bertz CT molecular complexity index is 544. The van der Waals surface area contributed by atoms with Gasteiger partial charge in [-0.15, -0.1) is 0 Å². The van der Waals surface area contributed by atoms with Crippen molar-refractivity contribution in [3.63, 3.8) is 0 Å². The first-order chi connectivity index (χ1) is 10.1. The number of ether oxygens (including phenoxy) is 1. The van der Waals surface area contributed by atoms with Crippen LogP contribution in [0.1, 0.15) is 12.0 Å². The summed E-state index contributed by atoms with van der Waals surface area (Å²) in [4.78, 5) is 24.2. The molecule has 21 heavy (non-hydrogen) atoms. The zero-order valence-electron chi connectivity index (χ0n) is 11.3. The standard InChI is InChI=1S/C14H16N2O5/c17-12(13-9-16(14(18)19)6-7-21-13)8-11(15-20)10-4-2-1-3-5-10/h1-5,13,20H,6-9H2,(H,18,19). The van der Waals surface area contributed by atoms with Crippen molar-refractivity contribution in [2.24, 2.45) is 5.16 Å². The van der Waals surface area contributed by atoms with Gasteiger partial charge in [-0.1, -0.05) is 35.5 Å². The summed E-state index contributed by atoms with van der Waals surface area (Å²) in [6.07, 6.45) is -2.01. The maximum absolute atomic E-state index is 12.2. The maximum atomic E-state index is 12.2. The van der Waals surface area contributed by atoms with E-state index in [1.165, 1.54) is 0 Å². The minimum Gasteiger partial charge on any atom is -0.465 e. The van der Waals surface area contributed by atoms with Crippen LogP contribution in [0.15, 0.2) is 35.5 Å². The smallest absolute Gasteiger partial charge is 0.407 e. The van der Waals surface area contributed by atoms with E-state index in [-0.39, 0.29) is 37.6 Å². The van der Waals surface area contributed by atoms with Crippen LogP contribution >= 0.6 is 0 Å². The Morgan fingerprint density at radius 1 is 1.33 bits per heavy atom. The molecule has 1 aliphatic rings. The Morgan fingerprint density at radius 3 is 2.67 bits per heavy atom. The molecule has 1 heterocycles. The average Bonchev–Trinajstić information content (AvgIpc) is 2.53. The van der Waals surface area contributed by atoms with E-state index in [1.54, 1.807) is 24.3 Å². The molecular formula is C14H16N2O5. The van der Waals surface area contributed by atoms with Gasteiger partial charge in [0.2, 0.25) is 0 Å². The highest BCUT2D eigenvalue weighted by atomic mass is 16.5. The van der Waals surface area contributed by atoms with E-state index in [4.69, 9.17) is 15.1 Å². The second-order valence-electron chi connectivity index (χ2n) is 4.64. The molecule has 0 radical (unpaired) electrons. The SMILES string of the molecule is O=C(CC(=NO)c1ccccc1)C1CN(C(=O)O)CCO1. The van der Waals surface area contributed by atoms with Crippen molar-refractivity contribution in [3.8, 4) is 0 Å². The zero-order valence-corrected chi connectivity index (χ0v) is 11.3. The van der Waals surface area contributed by atoms with Gasteiger partial charge in [-0.05, 0) is 5.56 Å². The molecule has 0 bridgehead atoms. The Labute approximate surface area is 121 Å². The van der Waals surface area contributed by atoms with Gasteiger partial charge in [0.15, 0.2) is 5.78 Å². The summed E-state index contributed by atoms with van der Waals surface area (Å²) >= 11 is 0. The number of oxime groups is 1. The molecular weight excluding hydrogens is 276 g/mol. The average molecular weight is 292 g/mol. The summed E-state index contributed by atoms with van der Waals surface area (Å²) in [6, 6.07) is 8.82. The van der Waals surface area contributed by atoms with Gasteiger partial charge in [-0.3, -0.25) is 4.79 Å². The van der Waals surface area contributed by atoms with Crippen LogP contribution in [0, 0.1) is 0 Å². The van der Waals surface area contributed by atoms with Gasteiger partial charge in [-0.2, -0.15) is 0 Å². The molecule has 7 heteroatoms. The quantitative estimate of drug-likeness (QED) is 0.493. The molecule has 112 valence electrons. The van der Waals surface area contributed by atoms with Gasteiger partial charge in [0.05, 0.1) is 25.3 Å². The van der Waals surface area contributed by atoms with Gasteiger partial charge >= 0.3 is 6.09 Å². The van der Waals surface area contributed by atoms with Gasteiger partial charge in [0, 0.05) is 6.54 Å². The van der Waals surface area contributed by atoms with Gasteiger partial charge in [0.25, 0.3) is 0 Å². The van der Waals surface area contributed by atoms with Crippen LogP contribution in [0.25, 0.3) is 0 Å². The Balaban J connectivity index is 2.02. The van der Waals surface area contributed by atoms with Crippen LogP contribution in [-0.2, 0) is 9.53 Å². The van der Waals surface area contributed by atoms with Crippen LogP contribution in [-0.4, -0.2) is 58.6 Å². The molecule has 1 atom stereocenters. The number of benzene rings is 1. The summed E-state index contributed by atoms with van der Waals surface area (Å²) in [7, 11) is 0. The lowest BCUT2D eigenvalue weighted by Gasteiger charge is -2.30. The summed E-state index contributed by atoms with van der Waals surface area (Å²) in [5.74, 6) is -0.308.